The predicted molar refractivity (Wildman–Crippen MR) is 106 cm³/mol. The van der Waals surface area contributed by atoms with Crippen LogP contribution in [0.3, 0.4) is 0 Å². The first kappa shape index (κ1) is 19.2. The van der Waals surface area contributed by atoms with Gasteiger partial charge in [-0.2, -0.15) is 5.26 Å². The summed E-state index contributed by atoms with van der Waals surface area (Å²) in [4.78, 5) is 10.9. The number of hydrogen-bond acceptors (Lipinski definition) is 4. The minimum Gasteiger partial charge on any atom is -0.545 e. The number of para-hydroxylation sites is 1. The summed E-state index contributed by atoms with van der Waals surface area (Å²) in [5.41, 5.74) is 2.65. The van der Waals surface area contributed by atoms with Gasteiger partial charge in [0.15, 0.2) is 0 Å². The molecular weight excluding hydrogens is 374 g/mol. The molecule has 0 aliphatic rings. The first-order valence-electron chi connectivity index (χ1n) is 8.47. The molecule has 0 saturated heterocycles. The Balaban J connectivity index is 1.87. The van der Waals surface area contributed by atoms with Gasteiger partial charge in [-0.25, -0.2) is 0 Å². The summed E-state index contributed by atoms with van der Waals surface area (Å²) in [6, 6.07) is 22.9. The summed E-state index contributed by atoms with van der Waals surface area (Å²) in [5, 5.41) is 21.1. The van der Waals surface area contributed by atoms with Crippen LogP contribution in [-0.4, -0.2) is 5.97 Å². The lowest BCUT2D eigenvalue weighted by atomic mass is 10.0. The number of carboxylic acid groups (broad SMARTS) is 1. The van der Waals surface area contributed by atoms with Crippen molar-refractivity contribution >= 4 is 29.2 Å². The van der Waals surface area contributed by atoms with E-state index in [1.54, 1.807) is 24.3 Å². The number of carbonyl (C=O) groups excluding carboxylic acids is 1. The topological polar surface area (TPSA) is 73.1 Å². The van der Waals surface area contributed by atoms with Crippen molar-refractivity contribution in [1.29, 1.82) is 5.26 Å². The molecule has 5 heteroatoms. The third-order valence-corrected chi connectivity index (χ3v) is 4.48. The lowest BCUT2D eigenvalue weighted by Crippen LogP contribution is -2.21. The molecule has 138 valence electrons. The summed E-state index contributed by atoms with van der Waals surface area (Å²) in [6.07, 6.45) is 1.70. The molecule has 0 N–H and O–H groups in total. The molecule has 28 heavy (non-hydrogen) atoms. The predicted octanol–water partition coefficient (Wildman–Crippen LogP) is 4.35. The van der Waals surface area contributed by atoms with Gasteiger partial charge in [-0.05, 0) is 29.3 Å². The second kappa shape index (κ2) is 8.90. The second-order valence-corrected chi connectivity index (χ2v) is 6.36. The lowest BCUT2D eigenvalue weighted by molar-refractivity contribution is -0.255. The van der Waals surface area contributed by atoms with E-state index in [-0.39, 0.29) is 5.56 Å². The maximum atomic E-state index is 10.9. The maximum Gasteiger partial charge on any atom is 0.127 e. The summed E-state index contributed by atoms with van der Waals surface area (Å²) < 4.78 is 5.91. The number of ether oxygens (including phenoxy) is 1. The Hall–Kier alpha value is -3.55. The fourth-order valence-electron chi connectivity index (χ4n) is 2.62. The number of carboxylic acids is 1. The monoisotopic (exact) mass is 388 g/mol. The number of hydrogen-bond donors (Lipinski definition) is 0. The maximum absolute atomic E-state index is 10.9. The van der Waals surface area contributed by atoms with Crippen LogP contribution in [0.5, 0.6) is 5.75 Å². The lowest BCUT2D eigenvalue weighted by Gasteiger charge is -2.11. The SMILES string of the molecule is N#C/C(=C/c1ccccc1OCc1ccccc1Cl)c1ccc(C(=O)[O-])cc1. The highest BCUT2D eigenvalue weighted by Gasteiger charge is 2.07. The molecule has 0 saturated carbocycles. The van der Waals surface area contributed by atoms with Gasteiger partial charge in [-0.15, -0.1) is 0 Å². The Bertz CT molecular complexity index is 1070. The van der Waals surface area contributed by atoms with E-state index in [0.717, 1.165) is 11.1 Å². The van der Waals surface area contributed by atoms with E-state index >= 15 is 0 Å². The standard InChI is InChI=1S/C23H16ClNO3/c24-21-7-3-1-6-19(21)15-28-22-8-4-2-5-18(22)13-20(14-25)16-9-11-17(12-10-16)23(26)27/h1-13H,15H2,(H,26,27)/p-1/b20-13-. The number of rotatable bonds is 6. The fourth-order valence-corrected chi connectivity index (χ4v) is 2.81. The third-order valence-electron chi connectivity index (χ3n) is 4.11. The van der Waals surface area contributed by atoms with Crippen LogP contribution in [0, 0.1) is 11.3 Å². The van der Waals surface area contributed by atoms with Crippen LogP contribution >= 0.6 is 11.6 Å². The molecule has 3 aromatic rings. The van der Waals surface area contributed by atoms with Gasteiger partial charge in [0.2, 0.25) is 0 Å². The van der Waals surface area contributed by atoms with Crippen molar-refractivity contribution in [3.05, 3.63) is 100 Å². The Morgan fingerprint density at radius 2 is 1.64 bits per heavy atom. The van der Waals surface area contributed by atoms with E-state index in [0.29, 0.717) is 28.5 Å². The second-order valence-electron chi connectivity index (χ2n) is 5.95. The number of benzene rings is 3. The van der Waals surface area contributed by atoms with E-state index in [2.05, 4.69) is 6.07 Å². The zero-order chi connectivity index (χ0) is 19.9. The Labute approximate surface area is 167 Å². The summed E-state index contributed by atoms with van der Waals surface area (Å²) in [5.74, 6) is -0.645. The molecule has 0 aromatic heterocycles. The molecule has 0 bridgehead atoms. The molecule has 0 aliphatic heterocycles. The molecule has 0 unspecified atom stereocenters. The molecular formula is C23H15ClNO3-. The molecule has 0 fully saturated rings. The number of nitriles is 1. The van der Waals surface area contributed by atoms with Crippen LogP contribution in [0.25, 0.3) is 11.6 Å². The van der Waals surface area contributed by atoms with Gasteiger partial charge in [-0.1, -0.05) is 72.3 Å². The minimum atomic E-state index is -1.26. The van der Waals surface area contributed by atoms with Crippen molar-refractivity contribution in [2.75, 3.05) is 0 Å². The van der Waals surface area contributed by atoms with Crippen LogP contribution in [0.4, 0.5) is 0 Å². The highest BCUT2D eigenvalue weighted by atomic mass is 35.5. The van der Waals surface area contributed by atoms with E-state index < -0.39 is 5.97 Å². The molecule has 0 atom stereocenters. The van der Waals surface area contributed by atoms with E-state index in [9.17, 15) is 15.2 Å². The summed E-state index contributed by atoms with van der Waals surface area (Å²) in [7, 11) is 0. The first-order valence-corrected chi connectivity index (χ1v) is 8.85. The minimum absolute atomic E-state index is 0.0597. The first-order chi connectivity index (χ1) is 13.6. The highest BCUT2D eigenvalue weighted by molar-refractivity contribution is 6.31. The summed E-state index contributed by atoms with van der Waals surface area (Å²) in [6.45, 7) is 0.298. The van der Waals surface area contributed by atoms with E-state index in [1.165, 1.54) is 12.1 Å². The summed E-state index contributed by atoms with van der Waals surface area (Å²) >= 11 is 6.17. The number of aromatic carboxylic acids is 1. The van der Waals surface area contributed by atoms with Gasteiger partial charge >= 0.3 is 0 Å². The van der Waals surface area contributed by atoms with Crippen molar-refractivity contribution in [2.24, 2.45) is 0 Å². The molecule has 4 nitrogen and oxygen atoms in total. The molecule has 3 rings (SSSR count). The van der Waals surface area contributed by atoms with Crippen molar-refractivity contribution in [2.45, 2.75) is 6.61 Å². The van der Waals surface area contributed by atoms with Crippen molar-refractivity contribution in [3.63, 3.8) is 0 Å². The largest absolute Gasteiger partial charge is 0.545 e. The van der Waals surface area contributed by atoms with Gasteiger partial charge in [0.1, 0.15) is 12.4 Å². The third kappa shape index (κ3) is 4.59. The van der Waals surface area contributed by atoms with E-state index in [1.807, 2.05) is 42.5 Å². The van der Waals surface area contributed by atoms with Gasteiger partial charge in [0.25, 0.3) is 0 Å². The number of allylic oxidation sites excluding steroid dienone is 1. The molecule has 0 amide bonds. The zero-order valence-corrected chi connectivity index (χ0v) is 15.5. The van der Waals surface area contributed by atoms with Crippen LogP contribution in [0.15, 0.2) is 72.8 Å². The highest BCUT2D eigenvalue weighted by Crippen LogP contribution is 2.26. The van der Waals surface area contributed by atoms with Gasteiger partial charge in [-0.3, -0.25) is 0 Å². The number of carbonyl (C=O) groups is 1. The molecule has 0 spiro atoms. The van der Waals surface area contributed by atoms with Crippen LogP contribution in [-0.2, 0) is 6.61 Å². The average molecular weight is 389 g/mol. The zero-order valence-electron chi connectivity index (χ0n) is 14.8. The van der Waals surface area contributed by atoms with E-state index in [4.69, 9.17) is 16.3 Å². The number of nitrogens with zero attached hydrogens (tertiary/aromatic N) is 1. The van der Waals surface area contributed by atoms with Crippen molar-refractivity contribution < 1.29 is 14.6 Å². The van der Waals surface area contributed by atoms with Crippen LogP contribution < -0.4 is 9.84 Å². The van der Waals surface area contributed by atoms with Crippen LogP contribution in [0.2, 0.25) is 5.02 Å². The van der Waals surface area contributed by atoms with Gasteiger partial charge in [0.05, 0.1) is 17.6 Å². The Kier molecular flexibility index (Phi) is 6.11. The molecule has 0 heterocycles. The van der Waals surface area contributed by atoms with Crippen LogP contribution in [0.1, 0.15) is 27.0 Å². The molecule has 0 radical (unpaired) electrons. The fraction of sp³-hybridized carbons (Fsp3) is 0.0435. The Morgan fingerprint density at radius 1 is 1.00 bits per heavy atom. The van der Waals surface area contributed by atoms with Crippen molar-refractivity contribution in [1.82, 2.24) is 0 Å². The normalized spacial score (nSPS) is 10.9. The van der Waals surface area contributed by atoms with Crippen molar-refractivity contribution in [3.8, 4) is 11.8 Å². The molecule has 0 aliphatic carbocycles. The average Bonchev–Trinajstić information content (AvgIpc) is 2.72. The Morgan fingerprint density at radius 3 is 2.32 bits per heavy atom. The quantitative estimate of drug-likeness (QED) is 0.465. The van der Waals surface area contributed by atoms with Gasteiger partial charge < -0.3 is 14.6 Å². The molecule has 3 aromatic carbocycles. The van der Waals surface area contributed by atoms with Gasteiger partial charge in [0, 0.05) is 16.1 Å². The smallest absolute Gasteiger partial charge is 0.127 e. The number of halogens is 1.